The van der Waals surface area contributed by atoms with Crippen LogP contribution in [0.25, 0.3) is 10.8 Å². The van der Waals surface area contributed by atoms with Crippen LogP contribution in [-0.4, -0.2) is 0 Å². The quantitative estimate of drug-likeness (QED) is 0.557. The Morgan fingerprint density at radius 3 is 2.48 bits per heavy atom. The lowest BCUT2D eigenvalue weighted by atomic mass is 9.95. The van der Waals surface area contributed by atoms with Crippen molar-refractivity contribution in [3.8, 4) is 0 Å². The first-order valence-electron chi connectivity index (χ1n) is 6.90. The lowest BCUT2D eigenvalue weighted by Crippen LogP contribution is -2.29. The molecular formula is C18H17ClN2. The van der Waals surface area contributed by atoms with Crippen LogP contribution in [0.4, 0.5) is 0 Å². The zero-order valence-corrected chi connectivity index (χ0v) is 12.6. The van der Waals surface area contributed by atoms with Crippen LogP contribution in [0.1, 0.15) is 22.7 Å². The highest BCUT2D eigenvalue weighted by Gasteiger charge is 2.16. The second kappa shape index (κ2) is 5.86. The summed E-state index contributed by atoms with van der Waals surface area (Å²) in [4.78, 5) is 0. The molecule has 3 aromatic carbocycles. The highest BCUT2D eigenvalue weighted by molar-refractivity contribution is 6.32. The van der Waals surface area contributed by atoms with Crippen LogP contribution in [0.5, 0.6) is 0 Å². The van der Waals surface area contributed by atoms with Crippen molar-refractivity contribution >= 4 is 22.4 Å². The Morgan fingerprint density at radius 1 is 0.952 bits per heavy atom. The van der Waals surface area contributed by atoms with Gasteiger partial charge in [0.25, 0.3) is 0 Å². The number of benzene rings is 3. The minimum atomic E-state index is -0.123. The van der Waals surface area contributed by atoms with Gasteiger partial charge < -0.3 is 0 Å². The average molecular weight is 297 g/mol. The molecule has 0 radical (unpaired) electrons. The summed E-state index contributed by atoms with van der Waals surface area (Å²) in [5, 5.41) is 3.17. The van der Waals surface area contributed by atoms with Gasteiger partial charge in [0.2, 0.25) is 0 Å². The van der Waals surface area contributed by atoms with Crippen LogP contribution < -0.4 is 11.3 Å². The molecule has 2 nitrogen and oxygen atoms in total. The molecule has 0 aromatic heterocycles. The van der Waals surface area contributed by atoms with Crippen molar-refractivity contribution < 1.29 is 0 Å². The summed E-state index contributed by atoms with van der Waals surface area (Å²) in [6, 6.07) is 20.5. The first kappa shape index (κ1) is 14.1. The Hall–Kier alpha value is -1.87. The van der Waals surface area contributed by atoms with Crippen molar-refractivity contribution in [1.29, 1.82) is 0 Å². The van der Waals surface area contributed by atoms with Gasteiger partial charge in [-0.05, 0) is 40.5 Å². The third-order valence-corrected chi connectivity index (χ3v) is 4.32. The van der Waals surface area contributed by atoms with Gasteiger partial charge in [0.15, 0.2) is 0 Å². The van der Waals surface area contributed by atoms with E-state index in [-0.39, 0.29) is 6.04 Å². The number of hydrogen-bond donors (Lipinski definition) is 2. The number of fused-ring (bicyclic) bond motifs is 1. The predicted octanol–water partition coefficient (Wildman–Crippen LogP) is 4.35. The monoisotopic (exact) mass is 296 g/mol. The average Bonchev–Trinajstić information content (AvgIpc) is 2.52. The highest BCUT2D eigenvalue weighted by atomic mass is 35.5. The molecule has 3 aromatic rings. The number of aryl methyl sites for hydroxylation is 1. The van der Waals surface area contributed by atoms with Gasteiger partial charge in [-0.1, -0.05) is 66.2 Å². The van der Waals surface area contributed by atoms with E-state index in [9.17, 15) is 0 Å². The van der Waals surface area contributed by atoms with Crippen LogP contribution >= 0.6 is 11.6 Å². The Labute approximate surface area is 129 Å². The number of hydrazine groups is 1. The first-order chi connectivity index (χ1) is 10.2. The molecule has 0 aliphatic rings. The molecule has 0 heterocycles. The standard InChI is InChI=1S/C18H17ClN2/c1-12-5-4-8-16(17(12)19)18(21-20)15-10-9-13-6-2-3-7-14(13)11-15/h2-11,18,21H,20H2,1H3. The predicted molar refractivity (Wildman–Crippen MR) is 89.3 cm³/mol. The maximum absolute atomic E-state index is 6.44. The van der Waals surface area contributed by atoms with E-state index >= 15 is 0 Å². The van der Waals surface area contributed by atoms with E-state index in [4.69, 9.17) is 17.4 Å². The van der Waals surface area contributed by atoms with Crippen molar-refractivity contribution in [2.24, 2.45) is 5.84 Å². The molecular weight excluding hydrogens is 280 g/mol. The third kappa shape index (κ3) is 2.66. The number of halogens is 1. The van der Waals surface area contributed by atoms with Gasteiger partial charge in [0.05, 0.1) is 6.04 Å². The lowest BCUT2D eigenvalue weighted by Gasteiger charge is -2.19. The minimum absolute atomic E-state index is 0.123. The Balaban J connectivity index is 2.11. The molecule has 0 saturated heterocycles. The smallest absolute Gasteiger partial charge is 0.0724 e. The van der Waals surface area contributed by atoms with E-state index in [1.165, 1.54) is 10.8 Å². The van der Waals surface area contributed by atoms with Crippen molar-refractivity contribution in [3.63, 3.8) is 0 Å². The normalized spacial score (nSPS) is 12.5. The molecule has 0 bridgehead atoms. The molecule has 0 aliphatic carbocycles. The third-order valence-electron chi connectivity index (χ3n) is 3.81. The van der Waals surface area contributed by atoms with E-state index in [1.54, 1.807) is 0 Å². The largest absolute Gasteiger partial charge is 0.271 e. The van der Waals surface area contributed by atoms with Crippen molar-refractivity contribution in [1.82, 2.24) is 5.43 Å². The van der Waals surface area contributed by atoms with E-state index in [2.05, 4.69) is 35.8 Å². The van der Waals surface area contributed by atoms with Gasteiger partial charge in [-0.15, -0.1) is 0 Å². The van der Waals surface area contributed by atoms with Crippen LogP contribution in [0.2, 0.25) is 5.02 Å². The Morgan fingerprint density at radius 2 is 1.71 bits per heavy atom. The first-order valence-corrected chi connectivity index (χ1v) is 7.28. The number of nitrogens with one attached hydrogen (secondary N) is 1. The molecule has 0 fully saturated rings. The minimum Gasteiger partial charge on any atom is -0.271 e. The Bertz CT molecular complexity index is 783. The molecule has 3 heteroatoms. The van der Waals surface area contributed by atoms with Crippen molar-refractivity contribution in [3.05, 3.63) is 82.4 Å². The summed E-state index contributed by atoms with van der Waals surface area (Å²) in [5.74, 6) is 5.79. The van der Waals surface area contributed by atoms with Crippen molar-refractivity contribution in [2.75, 3.05) is 0 Å². The van der Waals surface area contributed by atoms with Gasteiger partial charge >= 0.3 is 0 Å². The maximum atomic E-state index is 6.44. The zero-order chi connectivity index (χ0) is 14.8. The fraction of sp³-hybridized carbons (Fsp3) is 0.111. The van der Waals surface area contributed by atoms with E-state index in [1.807, 2.05) is 37.3 Å². The summed E-state index contributed by atoms with van der Waals surface area (Å²) >= 11 is 6.44. The SMILES string of the molecule is Cc1cccc(C(NN)c2ccc3ccccc3c2)c1Cl. The molecule has 3 rings (SSSR count). The zero-order valence-electron chi connectivity index (χ0n) is 11.8. The van der Waals surface area contributed by atoms with Gasteiger partial charge in [-0.25, -0.2) is 5.43 Å². The number of nitrogens with two attached hydrogens (primary N) is 1. The summed E-state index contributed by atoms with van der Waals surface area (Å²) in [5.41, 5.74) is 6.03. The molecule has 21 heavy (non-hydrogen) atoms. The molecule has 0 spiro atoms. The van der Waals surface area contributed by atoms with Crippen LogP contribution in [-0.2, 0) is 0 Å². The van der Waals surface area contributed by atoms with Gasteiger partial charge in [0.1, 0.15) is 0 Å². The lowest BCUT2D eigenvalue weighted by molar-refractivity contribution is 0.637. The number of rotatable bonds is 3. The topological polar surface area (TPSA) is 38.0 Å². The van der Waals surface area contributed by atoms with E-state index < -0.39 is 0 Å². The fourth-order valence-corrected chi connectivity index (χ4v) is 2.88. The van der Waals surface area contributed by atoms with Gasteiger partial charge in [0, 0.05) is 5.02 Å². The molecule has 0 saturated carbocycles. The van der Waals surface area contributed by atoms with Gasteiger partial charge in [-0.3, -0.25) is 5.84 Å². The summed E-state index contributed by atoms with van der Waals surface area (Å²) in [7, 11) is 0. The summed E-state index contributed by atoms with van der Waals surface area (Å²) in [6.45, 7) is 2.00. The van der Waals surface area contributed by atoms with Crippen LogP contribution in [0.15, 0.2) is 60.7 Å². The van der Waals surface area contributed by atoms with Crippen LogP contribution in [0.3, 0.4) is 0 Å². The Kier molecular flexibility index (Phi) is 3.93. The molecule has 106 valence electrons. The van der Waals surface area contributed by atoms with Crippen LogP contribution in [0, 0.1) is 6.92 Å². The molecule has 3 N–H and O–H groups in total. The molecule has 1 atom stereocenters. The molecule has 0 aliphatic heterocycles. The number of hydrogen-bond acceptors (Lipinski definition) is 2. The van der Waals surface area contributed by atoms with Gasteiger partial charge in [-0.2, -0.15) is 0 Å². The van der Waals surface area contributed by atoms with Crippen molar-refractivity contribution in [2.45, 2.75) is 13.0 Å². The summed E-state index contributed by atoms with van der Waals surface area (Å²) in [6.07, 6.45) is 0. The second-order valence-electron chi connectivity index (χ2n) is 5.18. The highest BCUT2D eigenvalue weighted by Crippen LogP contribution is 2.31. The molecule has 1 unspecified atom stereocenters. The van der Waals surface area contributed by atoms with E-state index in [0.717, 1.165) is 21.7 Å². The van der Waals surface area contributed by atoms with E-state index in [0.29, 0.717) is 0 Å². The second-order valence-corrected chi connectivity index (χ2v) is 5.56. The maximum Gasteiger partial charge on any atom is 0.0724 e. The molecule has 0 amide bonds. The summed E-state index contributed by atoms with van der Waals surface area (Å²) < 4.78 is 0. The fourth-order valence-electron chi connectivity index (χ4n) is 2.65.